The Kier molecular flexibility index (Phi) is 5.53. The van der Waals surface area contributed by atoms with Crippen molar-refractivity contribution >= 4 is 33.7 Å². The van der Waals surface area contributed by atoms with Crippen LogP contribution in [-0.4, -0.2) is 32.6 Å². The Morgan fingerprint density at radius 2 is 1.96 bits per heavy atom. The van der Waals surface area contributed by atoms with E-state index in [1.807, 2.05) is 24.3 Å². The zero-order chi connectivity index (χ0) is 18.5. The van der Waals surface area contributed by atoms with Gasteiger partial charge < -0.3 is 14.2 Å². The number of carbonyl (C=O) groups excluding carboxylic acids is 2. The Labute approximate surface area is 155 Å². The van der Waals surface area contributed by atoms with Gasteiger partial charge in [0, 0.05) is 21.2 Å². The van der Waals surface area contributed by atoms with Gasteiger partial charge >= 0.3 is 5.97 Å². The van der Waals surface area contributed by atoms with Crippen LogP contribution >= 0.6 is 11.3 Å². The summed E-state index contributed by atoms with van der Waals surface area (Å²) < 4.78 is 16.9. The number of hydrogen-bond acceptors (Lipinski definition) is 6. The molecular formula is C20H18O5S. The van der Waals surface area contributed by atoms with E-state index in [1.165, 1.54) is 0 Å². The number of carbonyl (C=O) groups is 2. The molecule has 6 heteroatoms. The molecule has 0 aliphatic heterocycles. The van der Waals surface area contributed by atoms with Gasteiger partial charge in [-0.3, -0.25) is 4.79 Å². The molecule has 26 heavy (non-hydrogen) atoms. The lowest BCUT2D eigenvalue weighted by Gasteiger charge is -2.13. The second kappa shape index (κ2) is 8.01. The highest BCUT2D eigenvalue weighted by atomic mass is 32.1. The summed E-state index contributed by atoms with van der Waals surface area (Å²) in [5, 5.41) is 1.13. The minimum atomic E-state index is -0.489. The second-order valence-electron chi connectivity index (χ2n) is 5.45. The van der Waals surface area contributed by atoms with E-state index in [2.05, 4.69) is 6.07 Å². The van der Waals surface area contributed by atoms with Crippen molar-refractivity contribution in [1.29, 1.82) is 0 Å². The largest absolute Gasteiger partial charge is 0.496 e. The molecule has 0 bridgehead atoms. The lowest BCUT2D eigenvalue weighted by atomic mass is 10.1. The summed E-state index contributed by atoms with van der Waals surface area (Å²) in [5.41, 5.74) is 1.15. The normalized spacial score (nSPS) is 10.5. The van der Waals surface area contributed by atoms with Crippen LogP contribution in [0.1, 0.15) is 17.3 Å². The molecule has 0 amide bonds. The van der Waals surface area contributed by atoms with E-state index in [1.54, 1.807) is 37.5 Å². The van der Waals surface area contributed by atoms with Crippen molar-refractivity contribution in [3.05, 3.63) is 48.0 Å². The monoisotopic (exact) mass is 370 g/mol. The molecule has 3 aromatic rings. The Balaban J connectivity index is 1.98. The van der Waals surface area contributed by atoms with Gasteiger partial charge in [-0.2, -0.15) is 0 Å². The Hall–Kier alpha value is -2.86. The van der Waals surface area contributed by atoms with Gasteiger partial charge in [-0.1, -0.05) is 18.2 Å². The molecule has 0 fully saturated rings. The SMILES string of the molecule is CCOC(=O)COc1cc(OC)c(-c2cc3ccccc3s2)cc1C=O. The number of rotatable bonds is 7. The number of benzene rings is 2. The predicted octanol–water partition coefficient (Wildman–Crippen LogP) is 4.33. The third kappa shape index (κ3) is 3.70. The second-order valence-corrected chi connectivity index (χ2v) is 6.53. The smallest absolute Gasteiger partial charge is 0.344 e. The number of aldehydes is 1. The lowest BCUT2D eigenvalue weighted by molar-refractivity contribution is -0.145. The van der Waals surface area contributed by atoms with Crippen LogP contribution in [0.2, 0.25) is 0 Å². The van der Waals surface area contributed by atoms with E-state index >= 15 is 0 Å². The van der Waals surface area contributed by atoms with E-state index in [4.69, 9.17) is 14.2 Å². The Morgan fingerprint density at radius 1 is 1.15 bits per heavy atom. The number of methoxy groups -OCH3 is 1. The molecular weight excluding hydrogens is 352 g/mol. The highest BCUT2D eigenvalue weighted by Gasteiger charge is 2.16. The van der Waals surface area contributed by atoms with Crippen LogP contribution in [0.25, 0.3) is 20.5 Å². The van der Waals surface area contributed by atoms with Gasteiger partial charge in [-0.05, 0) is 30.5 Å². The highest BCUT2D eigenvalue weighted by Crippen LogP contribution is 2.41. The van der Waals surface area contributed by atoms with Gasteiger partial charge in [-0.15, -0.1) is 11.3 Å². The van der Waals surface area contributed by atoms with E-state index in [9.17, 15) is 9.59 Å². The molecule has 0 unspecified atom stereocenters. The fourth-order valence-electron chi connectivity index (χ4n) is 2.61. The van der Waals surface area contributed by atoms with Crippen molar-refractivity contribution in [3.63, 3.8) is 0 Å². The first-order valence-corrected chi connectivity index (χ1v) is 8.92. The van der Waals surface area contributed by atoms with Crippen LogP contribution < -0.4 is 9.47 Å². The first-order valence-electron chi connectivity index (χ1n) is 8.10. The third-order valence-corrected chi connectivity index (χ3v) is 4.95. The maximum Gasteiger partial charge on any atom is 0.344 e. The average molecular weight is 370 g/mol. The molecule has 0 aliphatic carbocycles. The lowest BCUT2D eigenvalue weighted by Crippen LogP contribution is -2.15. The van der Waals surface area contributed by atoms with Crippen molar-refractivity contribution in [2.75, 3.05) is 20.3 Å². The zero-order valence-corrected chi connectivity index (χ0v) is 15.3. The average Bonchev–Trinajstić information content (AvgIpc) is 3.09. The van der Waals surface area contributed by atoms with Gasteiger partial charge in [-0.25, -0.2) is 4.79 Å². The molecule has 0 radical (unpaired) electrons. The summed E-state index contributed by atoms with van der Waals surface area (Å²) in [6.07, 6.45) is 0.705. The molecule has 3 rings (SSSR count). The zero-order valence-electron chi connectivity index (χ0n) is 14.5. The number of ether oxygens (including phenoxy) is 3. The molecule has 0 N–H and O–H groups in total. The van der Waals surface area contributed by atoms with Crippen LogP contribution in [0.3, 0.4) is 0 Å². The van der Waals surface area contributed by atoms with Crippen LogP contribution in [0.5, 0.6) is 11.5 Å². The molecule has 0 saturated heterocycles. The summed E-state index contributed by atoms with van der Waals surface area (Å²) >= 11 is 1.62. The first-order chi connectivity index (χ1) is 12.7. The van der Waals surface area contributed by atoms with Gasteiger partial charge in [0.15, 0.2) is 12.9 Å². The molecule has 0 saturated carbocycles. The predicted molar refractivity (Wildman–Crippen MR) is 101 cm³/mol. The molecule has 0 atom stereocenters. The Morgan fingerprint density at radius 3 is 2.65 bits per heavy atom. The molecule has 5 nitrogen and oxygen atoms in total. The fourth-order valence-corrected chi connectivity index (χ4v) is 3.69. The van der Waals surface area contributed by atoms with Gasteiger partial charge in [0.05, 0.1) is 19.3 Å². The van der Waals surface area contributed by atoms with Crippen molar-refractivity contribution in [2.24, 2.45) is 0 Å². The molecule has 1 heterocycles. The number of thiophene rings is 1. The number of hydrogen-bond donors (Lipinski definition) is 0. The summed E-state index contributed by atoms with van der Waals surface area (Å²) in [7, 11) is 1.56. The number of esters is 1. The summed E-state index contributed by atoms with van der Waals surface area (Å²) in [4.78, 5) is 24.0. The number of fused-ring (bicyclic) bond motifs is 1. The third-order valence-electron chi connectivity index (χ3n) is 3.80. The van der Waals surface area contributed by atoms with E-state index in [0.717, 1.165) is 20.5 Å². The molecule has 0 spiro atoms. The quantitative estimate of drug-likeness (QED) is 0.457. The van der Waals surface area contributed by atoms with Crippen molar-refractivity contribution in [1.82, 2.24) is 0 Å². The van der Waals surface area contributed by atoms with E-state index in [-0.39, 0.29) is 19.0 Å². The van der Waals surface area contributed by atoms with Crippen molar-refractivity contribution in [2.45, 2.75) is 6.92 Å². The van der Waals surface area contributed by atoms with Crippen LogP contribution in [0.15, 0.2) is 42.5 Å². The summed E-state index contributed by atoms with van der Waals surface area (Å²) in [6.45, 7) is 1.73. The minimum absolute atomic E-state index is 0.264. The highest BCUT2D eigenvalue weighted by molar-refractivity contribution is 7.22. The van der Waals surface area contributed by atoms with Gasteiger partial charge in [0.1, 0.15) is 11.5 Å². The first kappa shape index (κ1) is 17.9. The molecule has 0 aliphatic rings. The Bertz CT molecular complexity index is 912. The van der Waals surface area contributed by atoms with Gasteiger partial charge in [0.2, 0.25) is 0 Å². The summed E-state index contributed by atoms with van der Waals surface area (Å²) in [6, 6.07) is 13.5. The maximum absolute atomic E-state index is 11.5. The fraction of sp³-hybridized carbons (Fsp3) is 0.200. The topological polar surface area (TPSA) is 61.8 Å². The molecule has 134 valence electrons. The van der Waals surface area contributed by atoms with Crippen LogP contribution in [0.4, 0.5) is 0 Å². The minimum Gasteiger partial charge on any atom is -0.496 e. The summed E-state index contributed by atoms with van der Waals surface area (Å²) in [5.74, 6) is 0.368. The van der Waals surface area contributed by atoms with Crippen molar-refractivity contribution < 1.29 is 23.8 Å². The van der Waals surface area contributed by atoms with Crippen LogP contribution in [0, 0.1) is 0 Å². The van der Waals surface area contributed by atoms with Gasteiger partial charge in [0.25, 0.3) is 0 Å². The standard InChI is InChI=1S/C20H18O5S/c1-3-24-20(22)12-25-16-10-17(23-2)15(8-14(16)11-21)19-9-13-6-4-5-7-18(13)26-19/h4-11H,3,12H2,1-2H3. The molecule has 2 aromatic carbocycles. The molecule has 1 aromatic heterocycles. The van der Waals surface area contributed by atoms with Crippen molar-refractivity contribution in [3.8, 4) is 21.9 Å². The van der Waals surface area contributed by atoms with E-state index < -0.39 is 5.97 Å². The van der Waals surface area contributed by atoms with Crippen LogP contribution in [-0.2, 0) is 9.53 Å². The van der Waals surface area contributed by atoms with E-state index in [0.29, 0.717) is 17.6 Å². The maximum atomic E-state index is 11.5.